The lowest BCUT2D eigenvalue weighted by molar-refractivity contribution is -0.137. The fourth-order valence-corrected chi connectivity index (χ4v) is 2.52. The van der Waals surface area contributed by atoms with Crippen molar-refractivity contribution in [2.75, 3.05) is 18.6 Å². The minimum Gasteiger partial charge on any atom is -0.507 e. The first-order chi connectivity index (χ1) is 9.02. The normalized spacial score (nSPS) is 10.6. The second-order valence-electron chi connectivity index (χ2n) is 3.91. The molecule has 0 saturated heterocycles. The summed E-state index contributed by atoms with van der Waals surface area (Å²) >= 11 is 1.10. The summed E-state index contributed by atoms with van der Waals surface area (Å²) in [6.45, 7) is 0. The lowest BCUT2D eigenvalue weighted by Gasteiger charge is -2.09. The Bertz CT molecular complexity index is 642. The predicted molar refractivity (Wildman–Crippen MR) is 74.4 cm³/mol. The van der Waals surface area contributed by atoms with Crippen LogP contribution in [0.2, 0.25) is 0 Å². The molecule has 4 N–H and O–H groups in total. The molecule has 0 aliphatic heterocycles. The number of carbonyl (C=O) groups excluding carboxylic acids is 1. The minimum absolute atomic E-state index is 0.00691. The van der Waals surface area contributed by atoms with Crippen molar-refractivity contribution in [1.82, 2.24) is 0 Å². The highest BCUT2D eigenvalue weighted by atomic mass is 32.2. The molecule has 0 aliphatic carbocycles. The molecular weight excluding hydrogens is 266 g/mol. The van der Waals surface area contributed by atoms with Gasteiger partial charge in [-0.3, -0.25) is 4.79 Å². The number of esters is 1. The Morgan fingerprint density at radius 1 is 1.32 bits per heavy atom. The molecule has 2 rings (SSSR count). The molecule has 0 spiro atoms. The van der Waals surface area contributed by atoms with Crippen LogP contribution < -0.4 is 5.73 Å². The quantitative estimate of drug-likeness (QED) is 0.345. The molecule has 0 fully saturated rings. The van der Waals surface area contributed by atoms with Crippen LogP contribution in [0.3, 0.4) is 0 Å². The molecular formula is C13H13NO4S. The van der Waals surface area contributed by atoms with Crippen molar-refractivity contribution in [3.63, 3.8) is 0 Å². The van der Waals surface area contributed by atoms with Crippen LogP contribution in [0.5, 0.6) is 11.5 Å². The molecule has 0 atom stereocenters. The van der Waals surface area contributed by atoms with Crippen LogP contribution in [0, 0.1) is 0 Å². The van der Waals surface area contributed by atoms with Crippen LogP contribution in [0.1, 0.15) is 0 Å². The van der Waals surface area contributed by atoms with Crippen molar-refractivity contribution in [2.45, 2.75) is 4.90 Å². The molecule has 6 heteroatoms. The van der Waals surface area contributed by atoms with Gasteiger partial charge in [0.2, 0.25) is 0 Å². The van der Waals surface area contributed by atoms with Gasteiger partial charge in [0.15, 0.2) is 0 Å². The van der Waals surface area contributed by atoms with Crippen molar-refractivity contribution >= 4 is 34.2 Å². The first-order valence-corrected chi connectivity index (χ1v) is 6.45. The summed E-state index contributed by atoms with van der Waals surface area (Å²) in [4.78, 5) is 11.5. The summed E-state index contributed by atoms with van der Waals surface area (Å²) < 4.78 is 4.52. The van der Waals surface area contributed by atoms with Crippen LogP contribution in [0.4, 0.5) is 5.69 Å². The molecule has 0 radical (unpaired) electrons. The molecule has 2 aromatic rings. The van der Waals surface area contributed by atoms with Crippen molar-refractivity contribution in [1.29, 1.82) is 0 Å². The minimum atomic E-state index is -0.402. The Balaban J connectivity index is 2.44. The molecule has 0 unspecified atom stereocenters. The monoisotopic (exact) mass is 279 g/mol. The highest BCUT2D eigenvalue weighted by Crippen LogP contribution is 2.40. The van der Waals surface area contributed by atoms with E-state index in [1.807, 2.05) is 0 Å². The average Bonchev–Trinajstić information content (AvgIpc) is 2.40. The maximum Gasteiger partial charge on any atom is 0.315 e. The third kappa shape index (κ3) is 2.68. The van der Waals surface area contributed by atoms with Crippen LogP contribution in [0.15, 0.2) is 29.2 Å². The maximum atomic E-state index is 11.1. The van der Waals surface area contributed by atoms with E-state index in [0.29, 0.717) is 21.4 Å². The summed E-state index contributed by atoms with van der Waals surface area (Å²) in [5.74, 6) is -0.320. The molecule has 19 heavy (non-hydrogen) atoms. The van der Waals surface area contributed by atoms with Crippen LogP contribution in [-0.4, -0.2) is 29.0 Å². The summed E-state index contributed by atoms with van der Waals surface area (Å²) in [6, 6.07) is 6.25. The van der Waals surface area contributed by atoms with Crippen LogP contribution >= 0.6 is 11.8 Å². The lowest BCUT2D eigenvalue weighted by Crippen LogP contribution is -2.02. The van der Waals surface area contributed by atoms with E-state index in [9.17, 15) is 15.0 Å². The smallest absolute Gasteiger partial charge is 0.315 e. The second-order valence-corrected chi connectivity index (χ2v) is 4.93. The molecule has 0 bridgehead atoms. The zero-order valence-electron chi connectivity index (χ0n) is 10.2. The summed E-state index contributed by atoms with van der Waals surface area (Å²) in [7, 11) is 1.30. The van der Waals surface area contributed by atoms with Gasteiger partial charge in [0.05, 0.1) is 17.8 Å². The number of rotatable bonds is 3. The number of carbonyl (C=O) groups is 1. The zero-order chi connectivity index (χ0) is 14.0. The van der Waals surface area contributed by atoms with Gasteiger partial charge < -0.3 is 20.7 Å². The molecule has 2 aromatic carbocycles. The van der Waals surface area contributed by atoms with Crippen molar-refractivity contribution < 1.29 is 19.7 Å². The van der Waals surface area contributed by atoms with E-state index >= 15 is 0 Å². The standard InChI is InChI=1S/C13H13NO4S/c1-18-12(16)6-19-11-5-10(15)9-4-7(14)2-3-8(9)13(11)17/h2-5,15,17H,6,14H2,1H3. The number of thioether (sulfide) groups is 1. The first kappa shape index (κ1) is 13.4. The summed E-state index contributed by atoms with van der Waals surface area (Å²) in [5.41, 5.74) is 6.14. The van der Waals surface area contributed by atoms with E-state index in [1.165, 1.54) is 13.2 Å². The molecule has 5 nitrogen and oxygen atoms in total. The van der Waals surface area contributed by atoms with Gasteiger partial charge >= 0.3 is 5.97 Å². The number of hydrogen-bond donors (Lipinski definition) is 3. The Morgan fingerprint density at radius 3 is 2.74 bits per heavy atom. The van der Waals surface area contributed by atoms with Gasteiger partial charge in [-0.05, 0) is 24.3 Å². The molecule has 0 aliphatic rings. The van der Waals surface area contributed by atoms with Gasteiger partial charge in [-0.15, -0.1) is 11.8 Å². The van der Waals surface area contributed by atoms with E-state index in [2.05, 4.69) is 4.74 Å². The molecule has 0 heterocycles. The van der Waals surface area contributed by atoms with E-state index < -0.39 is 5.97 Å². The maximum absolute atomic E-state index is 11.1. The number of nitrogen functional groups attached to an aromatic ring is 1. The van der Waals surface area contributed by atoms with Gasteiger partial charge in [-0.1, -0.05) is 0 Å². The second kappa shape index (κ2) is 5.27. The van der Waals surface area contributed by atoms with E-state index in [0.717, 1.165) is 11.8 Å². The number of aromatic hydroxyl groups is 2. The van der Waals surface area contributed by atoms with E-state index in [-0.39, 0.29) is 17.3 Å². The number of phenolic OH excluding ortho intramolecular Hbond substituents is 2. The number of phenols is 2. The van der Waals surface area contributed by atoms with E-state index in [4.69, 9.17) is 5.73 Å². The number of anilines is 1. The number of ether oxygens (including phenoxy) is 1. The fourth-order valence-electron chi connectivity index (χ4n) is 1.69. The number of methoxy groups -OCH3 is 1. The van der Waals surface area contributed by atoms with Crippen molar-refractivity contribution in [3.8, 4) is 11.5 Å². The molecule has 0 amide bonds. The number of nitrogens with two attached hydrogens (primary N) is 1. The topological polar surface area (TPSA) is 92.8 Å². The molecule has 0 saturated carbocycles. The van der Waals surface area contributed by atoms with Gasteiger partial charge in [0.25, 0.3) is 0 Å². The molecule has 0 aromatic heterocycles. The third-order valence-electron chi connectivity index (χ3n) is 2.65. The number of benzene rings is 2. The Hall–Kier alpha value is -2.08. The summed E-state index contributed by atoms with van der Waals surface area (Å²) in [5, 5.41) is 21.0. The van der Waals surface area contributed by atoms with Gasteiger partial charge in [-0.25, -0.2) is 0 Å². The van der Waals surface area contributed by atoms with Crippen molar-refractivity contribution in [2.24, 2.45) is 0 Å². The number of hydrogen-bond acceptors (Lipinski definition) is 6. The Morgan fingerprint density at radius 2 is 2.05 bits per heavy atom. The van der Waals surface area contributed by atoms with Crippen LogP contribution in [0.25, 0.3) is 10.8 Å². The average molecular weight is 279 g/mol. The predicted octanol–water partition coefficient (Wildman–Crippen LogP) is 2.10. The van der Waals surface area contributed by atoms with E-state index in [1.54, 1.807) is 18.2 Å². The van der Waals surface area contributed by atoms with Crippen LogP contribution in [-0.2, 0) is 9.53 Å². The Labute approximate surface area is 114 Å². The zero-order valence-corrected chi connectivity index (χ0v) is 11.0. The summed E-state index contributed by atoms with van der Waals surface area (Å²) in [6.07, 6.45) is 0. The number of fused-ring (bicyclic) bond motifs is 1. The molecule has 100 valence electrons. The Kier molecular flexibility index (Phi) is 3.71. The SMILES string of the molecule is COC(=O)CSc1cc(O)c2cc(N)ccc2c1O. The highest BCUT2D eigenvalue weighted by Gasteiger charge is 2.13. The fraction of sp³-hybridized carbons (Fsp3) is 0.154. The van der Waals surface area contributed by atoms with Crippen molar-refractivity contribution in [3.05, 3.63) is 24.3 Å². The van der Waals surface area contributed by atoms with Gasteiger partial charge in [0.1, 0.15) is 11.5 Å². The highest BCUT2D eigenvalue weighted by molar-refractivity contribution is 8.00. The first-order valence-electron chi connectivity index (χ1n) is 5.46. The van der Waals surface area contributed by atoms with Gasteiger partial charge in [-0.2, -0.15) is 0 Å². The third-order valence-corrected chi connectivity index (χ3v) is 3.65. The van der Waals surface area contributed by atoms with Gasteiger partial charge in [0, 0.05) is 16.5 Å². The largest absolute Gasteiger partial charge is 0.507 e. The lowest BCUT2D eigenvalue weighted by atomic mass is 10.1.